The van der Waals surface area contributed by atoms with E-state index in [0.717, 1.165) is 10.2 Å². The van der Waals surface area contributed by atoms with Crippen molar-refractivity contribution in [2.45, 2.75) is 6.54 Å². The Balaban J connectivity index is 2.23. The van der Waals surface area contributed by atoms with Gasteiger partial charge in [-0.05, 0) is 24.3 Å². The summed E-state index contributed by atoms with van der Waals surface area (Å²) in [6.45, 7) is 0.226. The number of hydrogen-bond acceptors (Lipinski definition) is 3. The molecule has 4 nitrogen and oxygen atoms in total. The summed E-state index contributed by atoms with van der Waals surface area (Å²) in [5.41, 5.74) is 0.692. The Kier molecular flexibility index (Phi) is 4.45. The second-order valence-electron chi connectivity index (χ2n) is 4.88. The highest BCUT2D eigenvalue weighted by Gasteiger charge is 2.14. The smallest absolute Gasteiger partial charge is 0.282 e. The van der Waals surface area contributed by atoms with Crippen molar-refractivity contribution in [3.05, 3.63) is 58.6 Å². The fourth-order valence-electron chi connectivity index (χ4n) is 2.37. The molecule has 0 radical (unpaired) electrons. The van der Waals surface area contributed by atoms with Crippen LogP contribution in [0.3, 0.4) is 0 Å². The zero-order valence-corrected chi connectivity index (χ0v) is 13.6. The van der Waals surface area contributed by atoms with Gasteiger partial charge in [-0.25, -0.2) is 4.39 Å². The van der Waals surface area contributed by atoms with Crippen molar-refractivity contribution >= 4 is 27.5 Å². The molecule has 0 aliphatic heterocycles. The monoisotopic (exact) mass is 340 g/mol. The van der Waals surface area contributed by atoms with Crippen LogP contribution in [0.15, 0.2) is 47.5 Å². The molecule has 0 saturated carbocycles. The number of fused-ring (bicyclic) bond motifs is 1. The first-order valence-corrected chi connectivity index (χ1v) is 7.90. The minimum Gasteiger partial charge on any atom is -0.495 e. The third-order valence-electron chi connectivity index (χ3n) is 3.43. The van der Waals surface area contributed by atoms with Crippen molar-refractivity contribution in [3.63, 3.8) is 0 Å². The Labute approximate surface area is 141 Å². The van der Waals surface area contributed by atoms with Crippen LogP contribution in [0.2, 0.25) is 0 Å². The summed E-state index contributed by atoms with van der Waals surface area (Å²) in [6.07, 6.45) is 5.44. The summed E-state index contributed by atoms with van der Waals surface area (Å²) >= 11 is 1.30. The number of nitrogens with zero attached hydrogens (tertiary/aromatic N) is 2. The van der Waals surface area contributed by atoms with E-state index in [1.54, 1.807) is 17.7 Å². The molecule has 24 heavy (non-hydrogen) atoms. The summed E-state index contributed by atoms with van der Waals surface area (Å²) in [5.74, 6) is 1.93. The van der Waals surface area contributed by atoms with E-state index >= 15 is 0 Å². The number of amides is 1. The maximum absolute atomic E-state index is 13.8. The fraction of sp³-hybridized carbons (Fsp3) is 0.111. The topological polar surface area (TPSA) is 43.6 Å². The summed E-state index contributed by atoms with van der Waals surface area (Å²) < 4.78 is 21.7. The van der Waals surface area contributed by atoms with Gasteiger partial charge in [-0.3, -0.25) is 4.79 Å². The van der Waals surface area contributed by atoms with Crippen molar-refractivity contribution in [2.24, 2.45) is 4.99 Å². The third kappa shape index (κ3) is 2.82. The molecule has 1 aromatic heterocycles. The van der Waals surface area contributed by atoms with Crippen LogP contribution < -0.4 is 9.54 Å². The van der Waals surface area contributed by atoms with E-state index in [1.807, 2.05) is 18.2 Å². The summed E-state index contributed by atoms with van der Waals surface area (Å²) in [5, 5.41) is 0. The Morgan fingerprint density at radius 1 is 1.33 bits per heavy atom. The lowest BCUT2D eigenvalue weighted by molar-refractivity contribution is 0.0994. The van der Waals surface area contributed by atoms with Gasteiger partial charge in [-0.2, -0.15) is 4.99 Å². The molecule has 1 heterocycles. The fourth-order valence-corrected chi connectivity index (χ4v) is 3.41. The number of methoxy groups -OCH3 is 1. The van der Waals surface area contributed by atoms with Gasteiger partial charge in [-0.15, -0.1) is 6.42 Å². The molecule has 2 aromatic carbocycles. The molecular weight excluding hydrogens is 327 g/mol. The molecule has 3 rings (SSSR count). The number of carbonyl (C=O) groups is 1. The number of ether oxygens (including phenoxy) is 1. The van der Waals surface area contributed by atoms with Gasteiger partial charge < -0.3 is 9.30 Å². The molecule has 3 aromatic rings. The SMILES string of the molecule is C#CCn1/c(=N/C(=O)c2ccccc2F)sc2cccc(OC)c21. The zero-order valence-electron chi connectivity index (χ0n) is 12.8. The number of rotatable bonds is 3. The van der Waals surface area contributed by atoms with Gasteiger partial charge in [0.2, 0.25) is 0 Å². The van der Waals surface area contributed by atoms with Crippen molar-refractivity contribution in [3.8, 4) is 18.1 Å². The minimum absolute atomic E-state index is 0.0748. The predicted octanol–water partition coefficient (Wildman–Crippen LogP) is 3.22. The van der Waals surface area contributed by atoms with Crippen molar-refractivity contribution in [1.82, 2.24) is 4.57 Å². The Morgan fingerprint density at radius 3 is 2.83 bits per heavy atom. The molecular formula is C18H13FN2O2S. The lowest BCUT2D eigenvalue weighted by Crippen LogP contribution is -2.17. The Bertz CT molecular complexity index is 1030. The minimum atomic E-state index is -0.649. The lowest BCUT2D eigenvalue weighted by Gasteiger charge is -2.05. The number of hydrogen-bond donors (Lipinski definition) is 0. The van der Waals surface area contributed by atoms with Crippen molar-refractivity contribution in [1.29, 1.82) is 0 Å². The molecule has 0 bridgehead atoms. The molecule has 6 heteroatoms. The molecule has 0 atom stereocenters. The molecule has 0 saturated heterocycles. The Hall–Kier alpha value is -2.91. The number of carbonyl (C=O) groups excluding carboxylic acids is 1. The van der Waals surface area contributed by atoms with Crippen LogP contribution in [-0.2, 0) is 6.54 Å². The van der Waals surface area contributed by atoms with Gasteiger partial charge in [0.05, 0.1) is 23.9 Å². The Morgan fingerprint density at radius 2 is 2.12 bits per heavy atom. The van der Waals surface area contributed by atoms with Crippen LogP contribution in [-0.4, -0.2) is 17.6 Å². The summed E-state index contributed by atoms with van der Waals surface area (Å²) in [7, 11) is 1.56. The van der Waals surface area contributed by atoms with Crippen LogP contribution in [0, 0.1) is 18.2 Å². The number of halogens is 1. The van der Waals surface area contributed by atoms with E-state index in [0.29, 0.717) is 10.6 Å². The average molecular weight is 340 g/mol. The van der Waals surface area contributed by atoms with Crippen LogP contribution in [0.1, 0.15) is 10.4 Å². The summed E-state index contributed by atoms with van der Waals surface area (Å²) in [6, 6.07) is 11.3. The van der Waals surface area contributed by atoms with E-state index in [4.69, 9.17) is 11.2 Å². The van der Waals surface area contributed by atoms with Crippen LogP contribution in [0.4, 0.5) is 4.39 Å². The zero-order chi connectivity index (χ0) is 17.1. The van der Waals surface area contributed by atoms with E-state index in [1.165, 1.54) is 29.5 Å². The van der Waals surface area contributed by atoms with Gasteiger partial charge in [0.1, 0.15) is 17.1 Å². The van der Waals surface area contributed by atoms with Gasteiger partial charge in [0.25, 0.3) is 5.91 Å². The molecule has 120 valence electrons. The van der Waals surface area contributed by atoms with Gasteiger partial charge in [0, 0.05) is 0 Å². The van der Waals surface area contributed by atoms with Crippen molar-refractivity contribution in [2.75, 3.05) is 7.11 Å². The van der Waals surface area contributed by atoms with Crippen molar-refractivity contribution < 1.29 is 13.9 Å². The quantitative estimate of drug-likeness (QED) is 0.687. The second-order valence-corrected chi connectivity index (χ2v) is 5.89. The van der Waals surface area contributed by atoms with Gasteiger partial charge in [0.15, 0.2) is 4.80 Å². The maximum atomic E-state index is 13.8. The molecule has 0 unspecified atom stereocenters. The first-order chi connectivity index (χ1) is 11.7. The predicted molar refractivity (Wildman–Crippen MR) is 91.5 cm³/mol. The van der Waals surface area contributed by atoms with E-state index in [2.05, 4.69) is 10.9 Å². The van der Waals surface area contributed by atoms with E-state index < -0.39 is 11.7 Å². The molecule has 1 amide bonds. The van der Waals surface area contributed by atoms with E-state index in [9.17, 15) is 9.18 Å². The number of para-hydroxylation sites is 1. The lowest BCUT2D eigenvalue weighted by atomic mass is 10.2. The number of benzene rings is 2. The highest BCUT2D eigenvalue weighted by Crippen LogP contribution is 2.27. The van der Waals surface area contributed by atoms with E-state index in [-0.39, 0.29) is 12.1 Å². The first kappa shape index (κ1) is 16.0. The number of aromatic nitrogens is 1. The normalized spacial score (nSPS) is 11.5. The highest BCUT2D eigenvalue weighted by molar-refractivity contribution is 7.16. The average Bonchev–Trinajstić information content (AvgIpc) is 2.93. The molecule has 0 aliphatic rings. The summed E-state index contributed by atoms with van der Waals surface area (Å²) in [4.78, 5) is 16.8. The molecule has 0 spiro atoms. The number of terminal acetylenes is 1. The van der Waals surface area contributed by atoms with Gasteiger partial charge in [-0.1, -0.05) is 35.5 Å². The van der Waals surface area contributed by atoms with Crippen LogP contribution >= 0.6 is 11.3 Å². The molecule has 0 N–H and O–H groups in total. The highest BCUT2D eigenvalue weighted by atomic mass is 32.1. The molecule has 0 fully saturated rings. The standard InChI is InChI=1S/C18H13FN2O2S/c1-3-11-21-16-14(23-2)9-6-10-15(16)24-18(21)20-17(22)12-7-4-5-8-13(12)19/h1,4-10H,11H2,2H3/b20-18-. The van der Waals surface area contributed by atoms with Gasteiger partial charge >= 0.3 is 0 Å². The third-order valence-corrected chi connectivity index (χ3v) is 4.48. The van der Waals surface area contributed by atoms with Crippen LogP contribution in [0.5, 0.6) is 5.75 Å². The van der Waals surface area contributed by atoms with Crippen LogP contribution in [0.25, 0.3) is 10.2 Å². The largest absolute Gasteiger partial charge is 0.495 e. The molecule has 0 aliphatic carbocycles. The number of thiazole rings is 1. The second kappa shape index (κ2) is 6.69. The first-order valence-electron chi connectivity index (χ1n) is 7.09. The maximum Gasteiger partial charge on any atom is 0.282 e.